The summed E-state index contributed by atoms with van der Waals surface area (Å²) in [4.78, 5) is 20.8. The highest BCUT2D eigenvalue weighted by Gasteiger charge is 2.34. The molecule has 1 aromatic heterocycles. The largest absolute Gasteiger partial charge is 0.600 e. The van der Waals surface area contributed by atoms with Crippen LogP contribution in [-0.4, -0.2) is 34.0 Å². The van der Waals surface area contributed by atoms with E-state index < -0.39 is 11.3 Å². The molecule has 0 bridgehead atoms. The number of aliphatic hydroxyl groups is 1. The Morgan fingerprint density at radius 2 is 2.33 bits per heavy atom. The summed E-state index contributed by atoms with van der Waals surface area (Å²) < 4.78 is 0. The Hall–Kier alpha value is -1.87. The highest BCUT2D eigenvalue weighted by Crippen LogP contribution is 2.21. The van der Waals surface area contributed by atoms with E-state index in [1.165, 1.54) is 7.11 Å². The van der Waals surface area contributed by atoms with Gasteiger partial charge in [0, 0.05) is 6.20 Å². The van der Waals surface area contributed by atoms with Crippen molar-refractivity contribution in [2.45, 2.75) is 18.9 Å². The fraction of sp³-hybridized carbons (Fsp3) is 0.308. The summed E-state index contributed by atoms with van der Waals surface area (Å²) >= 11 is 5.14. The van der Waals surface area contributed by atoms with Crippen LogP contribution in [0.3, 0.4) is 0 Å². The molecule has 0 amide bonds. The SMILES string of the molecule is CO[NH+]([O-])C1CC(=O)C(C(=S)Nc2ccccn2)=C(O)C1. The molecule has 0 fully saturated rings. The first kappa shape index (κ1) is 15.5. The Bertz CT molecular complexity index is 576. The molecule has 1 aliphatic rings. The van der Waals surface area contributed by atoms with Crippen molar-refractivity contribution in [1.82, 2.24) is 4.98 Å². The smallest absolute Gasteiger partial charge is 0.175 e. The predicted molar refractivity (Wildman–Crippen MR) is 79.5 cm³/mol. The number of hydrogen-bond acceptors (Lipinski definition) is 6. The molecule has 1 aromatic rings. The minimum atomic E-state index is -0.663. The van der Waals surface area contributed by atoms with E-state index in [9.17, 15) is 15.1 Å². The van der Waals surface area contributed by atoms with Crippen LogP contribution in [0.1, 0.15) is 12.8 Å². The second-order valence-corrected chi connectivity index (χ2v) is 4.95. The zero-order valence-electron chi connectivity index (χ0n) is 11.3. The van der Waals surface area contributed by atoms with E-state index in [-0.39, 0.29) is 34.9 Å². The second kappa shape index (κ2) is 6.72. The third-order valence-corrected chi connectivity index (χ3v) is 3.41. The fourth-order valence-corrected chi connectivity index (χ4v) is 2.44. The fourth-order valence-electron chi connectivity index (χ4n) is 2.10. The number of nitrogens with zero attached hydrogens (tertiary/aromatic N) is 1. The molecule has 0 radical (unpaired) electrons. The van der Waals surface area contributed by atoms with Gasteiger partial charge in [-0.25, -0.2) is 15.0 Å². The first-order valence-electron chi connectivity index (χ1n) is 6.28. The van der Waals surface area contributed by atoms with E-state index in [0.29, 0.717) is 5.82 Å². The third kappa shape index (κ3) is 3.61. The molecule has 0 saturated carbocycles. The number of hydroxylamine groups is 2. The van der Waals surface area contributed by atoms with E-state index in [0.717, 1.165) is 0 Å². The number of anilines is 1. The van der Waals surface area contributed by atoms with Crippen molar-refractivity contribution in [2.24, 2.45) is 0 Å². The Labute approximate surface area is 126 Å². The molecule has 1 heterocycles. The van der Waals surface area contributed by atoms with Crippen molar-refractivity contribution >= 4 is 28.8 Å². The monoisotopic (exact) mass is 309 g/mol. The summed E-state index contributed by atoms with van der Waals surface area (Å²) in [6.07, 6.45) is 1.59. The van der Waals surface area contributed by atoms with Crippen molar-refractivity contribution in [1.29, 1.82) is 0 Å². The maximum atomic E-state index is 12.1. The molecule has 0 aliphatic heterocycles. The lowest BCUT2D eigenvalue weighted by Crippen LogP contribution is -3.10. The Balaban J connectivity index is 2.15. The summed E-state index contributed by atoms with van der Waals surface area (Å²) in [5, 5.41) is 23.7. The van der Waals surface area contributed by atoms with Crippen LogP contribution >= 0.6 is 12.2 Å². The summed E-state index contributed by atoms with van der Waals surface area (Å²) in [6, 6.07) is 4.54. The van der Waals surface area contributed by atoms with Crippen LogP contribution in [0.15, 0.2) is 35.7 Å². The number of thiocarbonyl (C=S) groups is 1. The molecular formula is C13H15N3O4S. The lowest BCUT2D eigenvalue weighted by molar-refractivity contribution is -1.07. The number of ketones is 1. The Morgan fingerprint density at radius 3 is 2.90 bits per heavy atom. The Morgan fingerprint density at radius 1 is 1.57 bits per heavy atom. The number of hydrogen-bond donors (Lipinski definition) is 3. The van der Waals surface area contributed by atoms with Crippen molar-refractivity contribution in [2.75, 3.05) is 12.4 Å². The van der Waals surface area contributed by atoms with Gasteiger partial charge in [0.2, 0.25) is 0 Å². The van der Waals surface area contributed by atoms with Crippen LogP contribution in [0.2, 0.25) is 0 Å². The number of aliphatic hydroxyl groups excluding tert-OH is 1. The van der Waals surface area contributed by atoms with Gasteiger partial charge in [0.25, 0.3) is 0 Å². The van der Waals surface area contributed by atoms with Crippen LogP contribution in [0.5, 0.6) is 0 Å². The first-order valence-corrected chi connectivity index (χ1v) is 6.69. The lowest BCUT2D eigenvalue weighted by atomic mass is 9.92. The standard InChI is InChI=1S/C13H15N3O4S/c1-20-16(19)8-6-9(17)12(10(18)7-8)13(21)15-11-4-2-3-5-14-11/h2-5,8,16-17H,6-7H2,1H3,(H,14,15,21). The van der Waals surface area contributed by atoms with Crippen molar-refractivity contribution in [3.8, 4) is 0 Å². The van der Waals surface area contributed by atoms with Crippen molar-refractivity contribution in [3.63, 3.8) is 0 Å². The molecule has 0 saturated heterocycles. The second-order valence-electron chi connectivity index (χ2n) is 4.54. The molecule has 0 aromatic carbocycles. The number of aromatic nitrogens is 1. The molecule has 2 rings (SSSR count). The number of quaternary nitrogens is 1. The molecule has 2 unspecified atom stereocenters. The molecule has 112 valence electrons. The number of carbonyl (C=O) groups is 1. The maximum Gasteiger partial charge on any atom is 0.175 e. The van der Waals surface area contributed by atoms with Crippen LogP contribution in [0, 0.1) is 5.21 Å². The van der Waals surface area contributed by atoms with Gasteiger partial charge in [-0.2, -0.15) is 0 Å². The van der Waals surface area contributed by atoms with Gasteiger partial charge in [0.1, 0.15) is 22.6 Å². The minimum absolute atomic E-state index is 0.0316. The van der Waals surface area contributed by atoms with E-state index in [2.05, 4.69) is 15.1 Å². The zero-order chi connectivity index (χ0) is 15.4. The normalized spacial score (nSPS) is 20.3. The number of pyridine rings is 1. The van der Waals surface area contributed by atoms with Gasteiger partial charge in [-0.3, -0.25) is 4.79 Å². The van der Waals surface area contributed by atoms with Crippen molar-refractivity contribution in [3.05, 3.63) is 40.9 Å². The average Bonchev–Trinajstić information content (AvgIpc) is 2.46. The summed E-state index contributed by atoms with van der Waals surface area (Å²) in [5.74, 6) is -0.108. The predicted octanol–water partition coefficient (Wildman–Crippen LogP) is 0.309. The molecule has 1 aliphatic carbocycles. The molecule has 21 heavy (non-hydrogen) atoms. The summed E-state index contributed by atoms with van der Waals surface area (Å²) in [7, 11) is 1.25. The highest BCUT2D eigenvalue weighted by molar-refractivity contribution is 7.81. The summed E-state index contributed by atoms with van der Waals surface area (Å²) in [6.45, 7) is 0. The minimum Gasteiger partial charge on any atom is -0.600 e. The van der Waals surface area contributed by atoms with Gasteiger partial charge in [-0.1, -0.05) is 18.3 Å². The van der Waals surface area contributed by atoms with Gasteiger partial charge in [-0.15, -0.1) is 0 Å². The number of nitrogens with one attached hydrogen (secondary N) is 2. The molecule has 8 heteroatoms. The average molecular weight is 309 g/mol. The number of carbonyl (C=O) groups excluding carboxylic acids is 1. The molecular weight excluding hydrogens is 294 g/mol. The van der Waals surface area contributed by atoms with Crippen LogP contribution in [0.4, 0.5) is 5.82 Å². The quantitative estimate of drug-likeness (QED) is 0.544. The molecule has 0 spiro atoms. The van der Waals surface area contributed by atoms with E-state index in [4.69, 9.17) is 12.2 Å². The first-order chi connectivity index (χ1) is 10.0. The van der Waals surface area contributed by atoms with E-state index in [1.54, 1.807) is 24.4 Å². The topological polar surface area (TPSA) is 99.0 Å². The lowest BCUT2D eigenvalue weighted by Gasteiger charge is -2.30. The molecule has 7 nitrogen and oxygen atoms in total. The van der Waals surface area contributed by atoms with Gasteiger partial charge >= 0.3 is 0 Å². The van der Waals surface area contributed by atoms with Crippen LogP contribution < -0.4 is 10.5 Å². The van der Waals surface area contributed by atoms with Crippen LogP contribution in [-0.2, 0) is 9.63 Å². The zero-order valence-corrected chi connectivity index (χ0v) is 12.1. The highest BCUT2D eigenvalue weighted by atomic mass is 32.1. The van der Waals surface area contributed by atoms with Crippen LogP contribution in [0.25, 0.3) is 0 Å². The Kier molecular flexibility index (Phi) is 4.97. The van der Waals surface area contributed by atoms with E-state index >= 15 is 0 Å². The van der Waals surface area contributed by atoms with Gasteiger partial charge in [0.15, 0.2) is 5.78 Å². The molecule has 3 N–H and O–H groups in total. The molecule has 2 atom stereocenters. The number of Topliss-reactive ketones (excluding diaryl/α,β-unsaturated/α-hetero) is 1. The van der Waals surface area contributed by atoms with Gasteiger partial charge in [-0.05, 0) is 12.1 Å². The summed E-state index contributed by atoms with van der Waals surface area (Å²) in [5.41, 5.74) is 0.0378. The van der Waals surface area contributed by atoms with E-state index in [1.807, 2.05) is 0 Å². The van der Waals surface area contributed by atoms with Gasteiger partial charge in [0.05, 0.1) is 25.5 Å². The van der Waals surface area contributed by atoms with Crippen molar-refractivity contribution < 1.29 is 20.0 Å². The van der Waals surface area contributed by atoms with Gasteiger partial charge < -0.3 is 15.6 Å². The maximum absolute atomic E-state index is 12.1. The number of rotatable bonds is 4. The third-order valence-electron chi connectivity index (χ3n) is 3.11.